The molecular formula is C15H13N3O2. The molecule has 3 N–H and O–H groups in total. The fourth-order valence-corrected chi connectivity index (χ4v) is 2.01. The lowest BCUT2D eigenvalue weighted by Gasteiger charge is -2.06. The number of benzene rings is 2. The predicted molar refractivity (Wildman–Crippen MR) is 75.4 cm³/mol. The van der Waals surface area contributed by atoms with Crippen molar-refractivity contribution in [3.8, 4) is 5.75 Å². The van der Waals surface area contributed by atoms with E-state index >= 15 is 0 Å². The van der Waals surface area contributed by atoms with Crippen molar-refractivity contribution in [1.82, 2.24) is 10.2 Å². The first-order valence-electron chi connectivity index (χ1n) is 6.19. The molecule has 1 amide bonds. The third kappa shape index (κ3) is 2.33. The average molecular weight is 267 g/mol. The summed E-state index contributed by atoms with van der Waals surface area (Å²) < 4.78 is 5.71. The SMILES string of the molecule is NC(=O)c1n[nH]c2ccc(OCc3ccccc3)cc12. The molecule has 0 unspecified atom stereocenters. The summed E-state index contributed by atoms with van der Waals surface area (Å²) in [6.45, 7) is 0.468. The Morgan fingerprint density at radius 1 is 1.20 bits per heavy atom. The molecule has 5 nitrogen and oxygen atoms in total. The van der Waals surface area contributed by atoms with Gasteiger partial charge in [-0.05, 0) is 23.8 Å². The lowest BCUT2D eigenvalue weighted by Crippen LogP contribution is -2.11. The summed E-state index contributed by atoms with van der Waals surface area (Å²) in [5, 5.41) is 7.33. The quantitative estimate of drug-likeness (QED) is 0.760. The number of H-pyrrole nitrogens is 1. The van der Waals surface area contributed by atoms with Crippen molar-refractivity contribution in [3.05, 3.63) is 59.8 Å². The lowest BCUT2D eigenvalue weighted by molar-refractivity contribution is 0.0997. The third-order valence-electron chi connectivity index (χ3n) is 3.02. The van der Waals surface area contributed by atoms with Crippen LogP contribution in [0.5, 0.6) is 5.75 Å². The van der Waals surface area contributed by atoms with Gasteiger partial charge in [0.1, 0.15) is 12.4 Å². The van der Waals surface area contributed by atoms with Crippen LogP contribution in [0.1, 0.15) is 16.1 Å². The highest BCUT2D eigenvalue weighted by Crippen LogP contribution is 2.22. The first-order valence-corrected chi connectivity index (χ1v) is 6.19. The molecule has 0 aliphatic carbocycles. The minimum atomic E-state index is -0.559. The van der Waals surface area contributed by atoms with Gasteiger partial charge in [-0.2, -0.15) is 5.10 Å². The van der Waals surface area contributed by atoms with Crippen LogP contribution in [0.15, 0.2) is 48.5 Å². The Balaban J connectivity index is 1.85. The van der Waals surface area contributed by atoms with Crippen LogP contribution in [0, 0.1) is 0 Å². The maximum atomic E-state index is 11.3. The van der Waals surface area contributed by atoms with E-state index in [0.29, 0.717) is 17.7 Å². The summed E-state index contributed by atoms with van der Waals surface area (Å²) >= 11 is 0. The van der Waals surface area contributed by atoms with E-state index in [1.807, 2.05) is 42.5 Å². The smallest absolute Gasteiger partial charge is 0.269 e. The van der Waals surface area contributed by atoms with E-state index < -0.39 is 5.91 Å². The zero-order valence-corrected chi connectivity index (χ0v) is 10.7. The Hall–Kier alpha value is -2.82. The van der Waals surface area contributed by atoms with Crippen molar-refractivity contribution in [2.75, 3.05) is 0 Å². The fourth-order valence-electron chi connectivity index (χ4n) is 2.01. The maximum Gasteiger partial charge on any atom is 0.269 e. The van der Waals surface area contributed by atoms with Crippen molar-refractivity contribution in [1.29, 1.82) is 0 Å². The van der Waals surface area contributed by atoms with Crippen LogP contribution in [-0.4, -0.2) is 16.1 Å². The van der Waals surface area contributed by atoms with E-state index in [1.54, 1.807) is 6.07 Å². The molecule has 0 atom stereocenters. The van der Waals surface area contributed by atoms with Crippen LogP contribution in [0.25, 0.3) is 10.9 Å². The normalized spacial score (nSPS) is 10.6. The highest BCUT2D eigenvalue weighted by Gasteiger charge is 2.11. The highest BCUT2D eigenvalue weighted by atomic mass is 16.5. The number of rotatable bonds is 4. The van der Waals surface area contributed by atoms with E-state index in [9.17, 15) is 4.79 Å². The minimum absolute atomic E-state index is 0.227. The van der Waals surface area contributed by atoms with Gasteiger partial charge in [-0.15, -0.1) is 0 Å². The van der Waals surface area contributed by atoms with Gasteiger partial charge in [-0.25, -0.2) is 0 Å². The van der Waals surface area contributed by atoms with Crippen LogP contribution >= 0.6 is 0 Å². The van der Waals surface area contributed by atoms with E-state index in [-0.39, 0.29) is 5.69 Å². The Bertz CT molecular complexity index is 750. The molecule has 2 aromatic carbocycles. The number of hydrogen-bond donors (Lipinski definition) is 2. The number of amides is 1. The molecule has 0 spiro atoms. The number of nitrogens with two attached hydrogens (primary N) is 1. The van der Waals surface area contributed by atoms with E-state index in [1.165, 1.54) is 0 Å². The van der Waals surface area contributed by atoms with E-state index in [4.69, 9.17) is 10.5 Å². The summed E-state index contributed by atoms with van der Waals surface area (Å²) in [5.41, 5.74) is 7.34. The number of primary amides is 1. The van der Waals surface area contributed by atoms with Gasteiger partial charge in [0.15, 0.2) is 5.69 Å². The molecule has 0 aliphatic rings. The summed E-state index contributed by atoms with van der Waals surface area (Å²) in [6, 6.07) is 15.3. The molecule has 20 heavy (non-hydrogen) atoms. The number of nitrogens with zero attached hydrogens (tertiary/aromatic N) is 1. The molecule has 0 bridgehead atoms. The minimum Gasteiger partial charge on any atom is -0.489 e. The van der Waals surface area contributed by atoms with Crippen LogP contribution in [0.4, 0.5) is 0 Å². The number of aromatic amines is 1. The molecule has 0 aliphatic heterocycles. The van der Waals surface area contributed by atoms with Gasteiger partial charge in [0.25, 0.3) is 5.91 Å². The summed E-state index contributed by atoms with van der Waals surface area (Å²) in [4.78, 5) is 11.3. The first-order chi connectivity index (χ1) is 9.74. The van der Waals surface area contributed by atoms with Crippen molar-refractivity contribution < 1.29 is 9.53 Å². The van der Waals surface area contributed by atoms with Crippen molar-refractivity contribution in [3.63, 3.8) is 0 Å². The third-order valence-corrected chi connectivity index (χ3v) is 3.02. The van der Waals surface area contributed by atoms with Gasteiger partial charge in [0, 0.05) is 5.39 Å². The van der Waals surface area contributed by atoms with E-state index in [0.717, 1.165) is 11.1 Å². The van der Waals surface area contributed by atoms with Gasteiger partial charge in [-0.3, -0.25) is 9.89 Å². The van der Waals surface area contributed by atoms with Crippen molar-refractivity contribution in [2.24, 2.45) is 5.73 Å². The number of nitrogens with one attached hydrogen (secondary N) is 1. The van der Waals surface area contributed by atoms with E-state index in [2.05, 4.69) is 10.2 Å². The molecule has 0 fully saturated rings. The summed E-state index contributed by atoms with van der Waals surface area (Å²) in [6.07, 6.45) is 0. The monoisotopic (exact) mass is 267 g/mol. The Labute approximate surface area is 115 Å². The molecule has 3 aromatic rings. The first kappa shape index (κ1) is 12.2. The Morgan fingerprint density at radius 3 is 2.75 bits per heavy atom. The van der Waals surface area contributed by atoms with Crippen LogP contribution in [0.3, 0.4) is 0 Å². The molecule has 3 rings (SSSR count). The molecule has 1 heterocycles. The number of aromatic nitrogens is 2. The van der Waals surface area contributed by atoms with Gasteiger partial charge >= 0.3 is 0 Å². The zero-order chi connectivity index (χ0) is 13.9. The number of ether oxygens (including phenoxy) is 1. The largest absolute Gasteiger partial charge is 0.489 e. The molecule has 0 saturated heterocycles. The van der Waals surface area contributed by atoms with Gasteiger partial charge < -0.3 is 10.5 Å². The van der Waals surface area contributed by atoms with Gasteiger partial charge in [0.05, 0.1) is 5.52 Å². The predicted octanol–water partition coefficient (Wildman–Crippen LogP) is 2.24. The van der Waals surface area contributed by atoms with Crippen LogP contribution in [0.2, 0.25) is 0 Å². The topological polar surface area (TPSA) is 81.0 Å². The van der Waals surface area contributed by atoms with Gasteiger partial charge in [-0.1, -0.05) is 30.3 Å². The Kier molecular flexibility index (Phi) is 3.09. The highest BCUT2D eigenvalue weighted by molar-refractivity contribution is 6.04. The van der Waals surface area contributed by atoms with Crippen LogP contribution < -0.4 is 10.5 Å². The number of carbonyl (C=O) groups is 1. The van der Waals surface area contributed by atoms with Crippen molar-refractivity contribution in [2.45, 2.75) is 6.61 Å². The molecule has 0 radical (unpaired) electrons. The maximum absolute atomic E-state index is 11.3. The molecule has 1 aromatic heterocycles. The standard InChI is InChI=1S/C15H13N3O2/c16-15(19)14-12-8-11(6-7-13(12)17-18-14)20-9-10-4-2-1-3-5-10/h1-8H,9H2,(H2,16,19)(H,17,18). The lowest BCUT2D eigenvalue weighted by atomic mass is 10.2. The molecular weight excluding hydrogens is 254 g/mol. The zero-order valence-electron chi connectivity index (χ0n) is 10.7. The second-order valence-electron chi connectivity index (χ2n) is 4.42. The summed E-state index contributed by atoms with van der Waals surface area (Å²) in [5.74, 6) is 0.113. The fraction of sp³-hybridized carbons (Fsp3) is 0.0667. The molecule has 5 heteroatoms. The second-order valence-corrected chi connectivity index (χ2v) is 4.42. The number of hydrogen-bond acceptors (Lipinski definition) is 3. The van der Waals surface area contributed by atoms with Crippen molar-refractivity contribution >= 4 is 16.8 Å². The molecule has 100 valence electrons. The average Bonchev–Trinajstić information content (AvgIpc) is 2.89. The number of carbonyl (C=O) groups excluding carboxylic acids is 1. The second kappa shape index (κ2) is 5.05. The van der Waals surface area contributed by atoms with Crippen LogP contribution in [-0.2, 0) is 6.61 Å². The van der Waals surface area contributed by atoms with Gasteiger partial charge in [0.2, 0.25) is 0 Å². The Morgan fingerprint density at radius 2 is 2.00 bits per heavy atom. The molecule has 0 saturated carbocycles. The summed E-state index contributed by atoms with van der Waals surface area (Å²) in [7, 11) is 0. The number of fused-ring (bicyclic) bond motifs is 1.